The predicted molar refractivity (Wildman–Crippen MR) is 109 cm³/mol. The summed E-state index contributed by atoms with van der Waals surface area (Å²) in [4.78, 5) is 24.5. The fraction of sp³-hybridized carbons (Fsp3) is 0.130. The third-order valence-corrected chi connectivity index (χ3v) is 4.13. The number of carbonyl (C=O) groups is 2. The maximum Gasteiger partial charge on any atom is 0.233 e. The number of para-hydroxylation sites is 3. The molecule has 142 valence electrons. The van der Waals surface area contributed by atoms with Crippen LogP contribution in [0.25, 0.3) is 0 Å². The maximum atomic E-state index is 12.3. The van der Waals surface area contributed by atoms with Gasteiger partial charge in [-0.1, -0.05) is 60.7 Å². The number of anilines is 1. The first kappa shape index (κ1) is 19.2. The smallest absolute Gasteiger partial charge is 0.233 e. The molecule has 0 spiro atoms. The second-order valence-corrected chi connectivity index (χ2v) is 6.34. The van der Waals surface area contributed by atoms with Gasteiger partial charge in [0.1, 0.15) is 12.2 Å². The monoisotopic (exact) mass is 374 g/mol. The number of hydrogen-bond donors (Lipinski definition) is 2. The largest absolute Gasteiger partial charge is 0.455 e. The molecule has 0 aliphatic rings. The van der Waals surface area contributed by atoms with Crippen molar-refractivity contribution in [2.45, 2.75) is 19.4 Å². The van der Waals surface area contributed by atoms with Crippen LogP contribution in [0.4, 0.5) is 5.69 Å². The summed E-state index contributed by atoms with van der Waals surface area (Å²) < 4.78 is 5.82. The lowest BCUT2D eigenvalue weighted by Gasteiger charge is -2.15. The van der Waals surface area contributed by atoms with Crippen LogP contribution in [0.15, 0.2) is 84.9 Å². The van der Waals surface area contributed by atoms with Crippen LogP contribution in [-0.2, 0) is 9.59 Å². The maximum absolute atomic E-state index is 12.3. The first-order chi connectivity index (χ1) is 13.6. The Balaban J connectivity index is 1.58. The number of hydrogen-bond acceptors (Lipinski definition) is 3. The van der Waals surface area contributed by atoms with Crippen LogP contribution in [0.5, 0.6) is 11.5 Å². The van der Waals surface area contributed by atoms with E-state index in [-0.39, 0.29) is 18.4 Å². The molecule has 0 fully saturated rings. The standard InChI is InChI=1S/C23H22N2O3/c1-17(18-10-4-2-5-11-18)24-22(26)16-23(27)25-20-14-8-9-15-21(20)28-19-12-6-3-7-13-19/h2-15,17H,16H2,1H3,(H,24,26)(H,25,27). The van der Waals surface area contributed by atoms with Gasteiger partial charge in [0, 0.05) is 0 Å². The summed E-state index contributed by atoms with van der Waals surface area (Å²) in [5.74, 6) is 0.441. The number of rotatable bonds is 7. The first-order valence-corrected chi connectivity index (χ1v) is 9.08. The zero-order chi connectivity index (χ0) is 19.8. The van der Waals surface area contributed by atoms with Crippen molar-refractivity contribution in [1.82, 2.24) is 5.32 Å². The summed E-state index contributed by atoms with van der Waals surface area (Å²) in [6.07, 6.45) is -0.267. The number of amides is 2. The Morgan fingerprint density at radius 3 is 2.14 bits per heavy atom. The van der Waals surface area contributed by atoms with E-state index in [0.717, 1.165) is 5.56 Å². The lowest BCUT2D eigenvalue weighted by atomic mass is 10.1. The molecular formula is C23H22N2O3. The normalized spacial score (nSPS) is 11.3. The van der Waals surface area contributed by atoms with Crippen LogP contribution >= 0.6 is 0 Å². The number of benzene rings is 3. The molecule has 5 nitrogen and oxygen atoms in total. The van der Waals surface area contributed by atoms with E-state index in [0.29, 0.717) is 17.2 Å². The Labute approximate surface area is 164 Å². The Kier molecular flexibility index (Phi) is 6.41. The minimum absolute atomic E-state index is 0.171. The molecule has 1 unspecified atom stereocenters. The highest BCUT2D eigenvalue weighted by Crippen LogP contribution is 2.29. The number of ether oxygens (including phenoxy) is 1. The average Bonchev–Trinajstić information content (AvgIpc) is 2.70. The van der Waals surface area contributed by atoms with E-state index in [1.165, 1.54) is 0 Å². The topological polar surface area (TPSA) is 67.4 Å². The van der Waals surface area contributed by atoms with Crippen LogP contribution in [0.2, 0.25) is 0 Å². The molecule has 0 radical (unpaired) electrons. The van der Waals surface area contributed by atoms with Gasteiger partial charge in [0.15, 0.2) is 5.75 Å². The van der Waals surface area contributed by atoms with Crippen molar-refractivity contribution in [3.8, 4) is 11.5 Å². The highest BCUT2D eigenvalue weighted by molar-refractivity contribution is 6.04. The highest BCUT2D eigenvalue weighted by Gasteiger charge is 2.15. The lowest BCUT2D eigenvalue weighted by Crippen LogP contribution is -2.30. The van der Waals surface area contributed by atoms with Crippen LogP contribution in [0.3, 0.4) is 0 Å². The summed E-state index contributed by atoms with van der Waals surface area (Å²) >= 11 is 0. The van der Waals surface area contributed by atoms with Crippen molar-refractivity contribution in [3.05, 3.63) is 90.5 Å². The third-order valence-electron chi connectivity index (χ3n) is 4.13. The van der Waals surface area contributed by atoms with Crippen molar-refractivity contribution in [2.24, 2.45) is 0 Å². The van der Waals surface area contributed by atoms with E-state index in [4.69, 9.17) is 4.74 Å². The predicted octanol–water partition coefficient (Wildman–Crippen LogP) is 4.68. The molecule has 0 aliphatic carbocycles. The molecule has 1 atom stereocenters. The molecule has 3 aromatic carbocycles. The van der Waals surface area contributed by atoms with Crippen LogP contribution in [0, 0.1) is 0 Å². The van der Waals surface area contributed by atoms with Gasteiger partial charge in [0.25, 0.3) is 0 Å². The van der Waals surface area contributed by atoms with Gasteiger partial charge >= 0.3 is 0 Å². The van der Waals surface area contributed by atoms with E-state index >= 15 is 0 Å². The van der Waals surface area contributed by atoms with Gasteiger partial charge in [-0.2, -0.15) is 0 Å². The Morgan fingerprint density at radius 2 is 1.43 bits per heavy atom. The van der Waals surface area contributed by atoms with E-state index in [2.05, 4.69) is 10.6 Å². The van der Waals surface area contributed by atoms with E-state index in [1.54, 1.807) is 18.2 Å². The molecule has 0 heterocycles. The summed E-state index contributed by atoms with van der Waals surface area (Å²) in [6, 6.07) is 25.9. The molecule has 0 aliphatic heterocycles. The Morgan fingerprint density at radius 1 is 0.821 bits per heavy atom. The van der Waals surface area contributed by atoms with Crippen LogP contribution in [-0.4, -0.2) is 11.8 Å². The summed E-state index contributed by atoms with van der Waals surface area (Å²) in [5, 5.41) is 5.59. The lowest BCUT2D eigenvalue weighted by molar-refractivity contribution is -0.127. The average molecular weight is 374 g/mol. The number of nitrogens with one attached hydrogen (secondary N) is 2. The van der Waals surface area contributed by atoms with E-state index in [9.17, 15) is 9.59 Å². The third kappa shape index (κ3) is 5.45. The van der Waals surface area contributed by atoms with Gasteiger partial charge in [0.05, 0.1) is 11.7 Å². The summed E-state index contributed by atoms with van der Waals surface area (Å²) in [6.45, 7) is 1.88. The fourth-order valence-electron chi connectivity index (χ4n) is 2.73. The number of carbonyl (C=O) groups excluding carboxylic acids is 2. The van der Waals surface area contributed by atoms with Crippen molar-refractivity contribution < 1.29 is 14.3 Å². The molecule has 3 rings (SSSR count). The molecule has 0 saturated carbocycles. The first-order valence-electron chi connectivity index (χ1n) is 9.08. The van der Waals surface area contributed by atoms with Gasteiger partial charge in [-0.25, -0.2) is 0 Å². The summed E-state index contributed by atoms with van der Waals surface area (Å²) in [7, 11) is 0. The van der Waals surface area contributed by atoms with Gasteiger partial charge < -0.3 is 15.4 Å². The molecule has 28 heavy (non-hydrogen) atoms. The van der Waals surface area contributed by atoms with Gasteiger partial charge in [-0.3, -0.25) is 9.59 Å². The van der Waals surface area contributed by atoms with Gasteiger partial charge in [0.2, 0.25) is 11.8 Å². The fourth-order valence-corrected chi connectivity index (χ4v) is 2.73. The van der Waals surface area contributed by atoms with Crippen LogP contribution < -0.4 is 15.4 Å². The van der Waals surface area contributed by atoms with E-state index in [1.807, 2.05) is 73.7 Å². The molecule has 3 aromatic rings. The van der Waals surface area contributed by atoms with Crippen LogP contribution in [0.1, 0.15) is 24.9 Å². The molecule has 0 aromatic heterocycles. The molecule has 0 bridgehead atoms. The second-order valence-electron chi connectivity index (χ2n) is 6.34. The quantitative estimate of drug-likeness (QED) is 0.590. The van der Waals surface area contributed by atoms with Crippen molar-refractivity contribution >= 4 is 17.5 Å². The van der Waals surface area contributed by atoms with Gasteiger partial charge in [-0.05, 0) is 36.8 Å². The summed E-state index contributed by atoms with van der Waals surface area (Å²) in [5.41, 5.74) is 1.50. The Bertz CT molecular complexity index is 927. The van der Waals surface area contributed by atoms with E-state index < -0.39 is 5.91 Å². The zero-order valence-electron chi connectivity index (χ0n) is 15.6. The molecule has 2 N–H and O–H groups in total. The second kappa shape index (κ2) is 9.37. The Hall–Kier alpha value is -3.60. The molecule has 0 saturated heterocycles. The van der Waals surface area contributed by atoms with Gasteiger partial charge in [-0.15, -0.1) is 0 Å². The van der Waals surface area contributed by atoms with Crippen molar-refractivity contribution in [1.29, 1.82) is 0 Å². The minimum Gasteiger partial charge on any atom is -0.455 e. The minimum atomic E-state index is -0.401. The SMILES string of the molecule is CC(NC(=O)CC(=O)Nc1ccccc1Oc1ccccc1)c1ccccc1. The molecular weight excluding hydrogens is 352 g/mol. The molecule has 5 heteroatoms. The highest BCUT2D eigenvalue weighted by atomic mass is 16.5. The zero-order valence-corrected chi connectivity index (χ0v) is 15.6. The molecule has 2 amide bonds. The van der Waals surface area contributed by atoms with Crippen molar-refractivity contribution in [3.63, 3.8) is 0 Å². The van der Waals surface area contributed by atoms with Crippen molar-refractivity contribution in [2.75, 3.05) is 5.32 Å².